The SMILES string of the molecule is Cc1cc(C(=O)O)cc(NC(=O)OCc2ccccc2)c1Br. The van der Waals surface area contributed by atoms with Crippen LogP contribution < -0.4 is 5.32 Å². The fraction of sp³-hybridized carbons (Fsp3) is 0.125. The summed E-state index contributed by atoms with van der Waals surface area (Å²) in [6.07, 6.45) is -0.647. The maximum absolute atomic E-state index is 11.8. The van der Waals surface area contributed by atoms with E-state index in [2.05, 4.69) is 21.2 Å². The average Bonchev–Trinajstić information content (AvgIpc) is 2.50. The van der Waals surface area contributed by atoms with Crippen LogP contribution in [-0.4, -0.2) is 17.2 Å². The Kier molecular flexibility index (Phi) is 5.16. The van der Waals surface area contributed by atoms with E-state index < -0.39 is 12.1 Å². The van der Waals surface area contributed by atoms with Crippen LogP contribution in [0.3, 0.4) is 0 Å². The van der Waals surface area contributed by atoms with E-state index in [4.69, 9.17) is 9.84 Å². The van der Waals surface area contributed by atoms with Crippen molar-refractivity contribution in [1.29, 1.82) is 0 Å². The Morgan fingerprint density at radius 2 is 1.91 bits per heavy atom. The van der Waals surface area contributed by atoms with Crippen LogP contribution in [0, 0.1) is 6.92 Å². The molecule has 0 spiro atoms. The van der Waals surface area contributed by atoms with Gasteiger partial charge in [-0.2, -0.15) is 0 Å². The van der Waals surface area contributed by atoms with Gasteiger partial charge in [0.1, 0.15) is 6.61 Å². The van der Waals surface area contributed by atoms with E-state index >= 15 is 0 Å². The van der Waals surface area contributed by atoms with Crippen LogP contribution >= 0.6 is 15.9 Å². The zero-order chi connectivity index (χ0) is 16.1. The van der Waals surface area contributed by atoms with Gasteiger partial charge in [0.25, 0.3) is 0 Å². The van der Waals surface area contributed by atoms with Crippen molar-refractivity contribution in [2.45, 2.75) is 13.5 Å². The molecule has 1 amide bonds. The number of rotatable bonds is 4. The molecule has 0 aromatic heterocycles. The Labute approximate surface area is 136 Å². The minimum Gasteiger partial charge on any atom is -0.478 e. The van der Waals surface area contributed by atoms with Crippen molar-refractivity contribution in [3.63, 3.8) is 0 Å². The fourth-order valence-electron chi connectivity index (χ4n) is 1.85. The zero-order valence-electron chi connectivity index (χ0n) is 11.8. The van der Waals surface area contributed by atoms with Crippen molar-refractivity contribution in [2.24, 2.45) is 0 Å². The third kappa shape index (κ3) is 4.08. The lowest BCUT2D eigenvalue weighted by atomic mass is 10.1. The van der Waals surface area contributed by atoms with Crippen molar-refractivity contribution in [3.05, 3.63) is 63.6 Å². The Bertz CT molecular complexity index is 701. The first kappa shape index (κ1) is 16.0. The molecule has 2 N–H and O–H groups in total. The maximum Gasteiger partial charge on any atom is 0.411 e. The third-order valence-electron chi connectivity index (χ3n) is 2.95. The molecule has 0 atom stereocenters. The lowest BCUT2D eigenvalue weighted by Gasteiger charge is -2.11. The smallest absolute Gasteiger partial charge is 0.411 e. The summed E-state index contributed by atoms with van der Waals surface area (Å²) in [5.74, 6) is -1.06. The predicted octanol–water partition coefficient (Wildman–Crippen LogP) is 4.20. The number of benzene rings is 2. The highest BCUT2D eigenvalue weighted by molar-refractivity contribution is 9.10. The van der Waals surface area contributed by atoms with Gasteiger partial charge in [0.15, 0.2) is 0 Å². The first-order valence-electron chi connectivity index (χ1n) is 6.48. The first-order valence-corrected chi connectivity index (χ1v) is 7.28. The number of aromatic carboxylic acids is 1. The second-order valence-electron chi connectivity index (χ2n) is 4.65. The molecule has 0 aliphatic carbocycles. The molecule has 0 bridgehead atoms. The number of anilines is 1. The van der Waals surface area contributed by atoms with Gasteiger partial charge in [0.05, 0.1) is 11.3 Å². The van der Waals surface area contributed by atoms with Gasteiger partial charge in [-0.05, 0) is 46.1 Å². The monoisotopic (exact) mass is 363 g/mol. The topological polar surface area (TPSA) is 75.6 Å². The number of carboxylic acids is 1. The van der Waals surface area contributed by atoms with Gasteiger partial charge >= 0.3 is 12.1 Å². The molecule has 114 valence electrons. The summed E-state index contributed by atoms with van der Waals surface area (Å²) in [6, 6.07) is 12.2. The largest absolute Gasteiger partial charge is 0.478 e. The van der Waals surface area contributed by atoms with Crippen LogP contribution in [0.25, 0.3) is 0 Å². The maximum atomic E-state index is 11.8. The number of amides is 1. The van der Waals surface area contributed by atoms with Crippen molar-refractivity contribution in [3.8, 4) is 0 Å². The van der Waals surface area contributed by atoms with Crippen LogP contribution in [0.5, 0.6) is 0 Å². The number of carbonyl (C=O) groups excluding carboxylic acids is 1. The van der Waals surface area contributed by atoms with Crippen LogP contribution in [0.15, 0.2) is 46.9 Å². The number of halogens is 1. The molecule has 0 saturated carbocycles. The Balaban J connectivity index is 2.06. The van der Waals surface area contributed by atoms with Gasteiger partial charge in [0, 0.05) is 4.47 Å². The van der Waals surface area contributed by atoms with Gasteiger partial charge in [-0.1, -0.05) is 30.3 Å². The molecule has 0 fully saturated rings. The van der Waals surface area contributed by atoms with Crippen LogP contribution in [0.4, 0.5) is 10.5 Å². The normalized spacial score (nSPS) is 10.1. The van der Waals surface area contributed by atoms with E-state index in [1.807, 2.05) is 30.3 Å². The van der Waals surface area contributed by atoms with Crippen molar-refractivity contribution in [2.75, 3.05) is 5.32 Å². The third-order valence-corrected chi connectivity index (χ3v) is 4.00. The molecule has 2 aromatic carbocycles. The quantitative estimate of drug-likeness (QED) is 0.853. The lowest BCUT2D eigenvalue weighted by molar-refractivity contribution is 0.0696. The standard InChI is InChI=1S/C16H14BrNO4/c1-10-7-12(15(19)20)8-13(14(10)17)18-16(21)22-9-11-5-3-2-4-6-11/h2-8H,9H2,1H3,(H,18,21)(H,19,20). The molecular formula is C16H14BrNO4. The molecule has 0 aliphatic rings. The lowest BCUT2D eigenvalue weighted by Crippen LogP contribution is -2.14. The predicted molar refractivity (Wildman–Crippen MR) is 86.1 cm³/mol. The minimum absolute atomic E-state index is 0.0964. The number of ether oxygens (including phenoxy) is 1. The highest BCUT2D eigenvalue weighted by Crippen LogP contribution is 2.28. The first-order chi connectivity index (χ1) is 10.5. The van der Waals surface area contributed by atoms with Gasteiger partial charge < -0.3 is 9.84 Å². The molecule has 2 rings (SSSR count). The molecule has 22 heavy (non-hydrogen) atoms. The Morgan fingerprint density at radius 1 is 1.23 bits per heavy atom. The molecule has 0 heterocycles. The van der Waals surface area contributed by atoms with Gasteiger partial charge in [-0.25, -0.2) is 9.59 Å². The number of aryl methyl sites for hydroxylation is 1. The Hall–Kier alpha value is -2.34. The van der Waals surface area contributed by atoms with E-state index in [1.54, 1.807) is 6.92 Å². The number of carbonyl (C=O) groups is 2. The zero-order valence-corrected chi connectivity index (χ0v) is 13.4. The molecule has 6 heteroatoms. The van der Waals surface area contributed by atoms with Crippen LogP contribution in [0.1, 0.15) is 21.5 Å². The molecule has 5 nitrogen and oxygen atoms in total. The Morgan fingerprint density at radius 3 is 2.55 bits per heavy atom. The molecule has 0 radical (unpaired) electrons. The average molecular weight is 364 g/mol. The number of hydrogen-bond donors (Lipinski definition) is 2. The summed E-state index contributed by atoms with van der Waals surface area (Å²) in [5.41, 5.74) is 2.03. The minimum atomic E-state index is -1.06. The van der Waals surface area contributed by atoms with E-state index in [9.17, 15) is 9.59 Å². The van der Waals surface area contributed by atoms with Crippen LogP contribution in [-0.2, 0) is 11.3 Å². The molecule has 0 saturated heterocycles. The highest BCUT2D eigenvalue weighted by atomic mass is 79.9. The van der Waals surface area contributed by atoms with E-state index in [0.29, 0.717) is 15.7 Å². The number of hydrogen-bond acceptors (Lipinski definition) is 3. The molecule has 2 aromatic rings. The van der Waals surface area contributed by atoms with Crippen molar-refractivity contribution < 1.29 is 19.4 Å². The molecule has 0 unspecified atom stereocenters. The number of nitrogens with one attached hydrogen (secondary N) is 1. The van der Waals surface area contributed by atoms with Crippen LogP contribution in [0.2, 0.25) is 0 Å². The second kappa shape index (κ2) is 7.09. The summed E-state index contributed by atoms with van der Waals surface area (Å²) in [6.45, 7) is 1.89. The summed E-state index contributed by atoms with van der Waals surface area (Å²) < 4.78 is 5.73. The fourth-order valence-corrected chi connectivity index (χ4v) is 2.18. The van der Waals surface area contributed by atoms with Gasteiger partial charge in [0.2, 0.25) is 0 Å². The van der Waals surface area contributed by atoms with E-state index in [-0.39, 0.29) is 12.2 Å². The molecular weight excluding hydrogens is 350 g/mol. The van der Waals surface area contributed by atoms with Gasteiger partial charge in [-0.15, -0.1) is 0 Å². The summed E-state index contributed by atoms with van der Waals surface area (Å²) in [4.78, 5) is 22.9. The van der Waals surface area contributed by atoms with Gasteiger partial charge in [-0.3, -0.25) is 5.32 Å². The highest BCUT2D eigenvalue weighted by Gasteiger charge is 2.13. The van der Waals surface area contributed by atoms with Crippen molar-refractivity contribution >= 4 is 33.7 Å². The summed E-state index contributed by atoms with van der Waals surface area (Å²) >= 11 is 3.32. The van der Waals surface area contributed by atoms with Crippen molar-refractivity contribution in [1.82, 2.24) is 0 Å². The number of carboxylic acid groups (broad SMARTS) is 1. The summed E-state index contributed by atoms with van der Waals surface area (Å²) in [5, 5.41) is 11.6. The summed E-state index contributed by atoms with van der Waals surface area (Å²) in [7, 11) is 0. The van der Waals surface area contributed by atoms with E-state index in [1.165, 1.54) is 12.1 Å². The van der Waals surface area contributed by atoms with E-state index in [0.717, 1.165) is 5.56 Å². The second-order valence-corrected chi connectivity index (χ2v) is 5.44. The molecule has 0 aliphatic heterocycles.